The van der Waals surface area contributed by atoms with Gasteiger partial charge in [-0.3, -0.25) is 9.78 Å². The maximum atomic E-state index is 12.3. The van der Waals surface area contributed by atoms with Crippen LogP contribution in [0.2, 0.25) is 0 Å². The molecule has 1 saturated heterocycles. The molecule has 24 heavy (non-hydrogen) atoms. The van der Waals surface area contributed by atoms with E-state index in [0.717, 1.165) is 31.4 Å². The second-order valence-corrected chi connectivity index (χ2v) is 6.94. The fourth-order valence-electron chi connectivity index (χ4n) is 4.38. The van der Waals surface area contributed by atoms with E-state index in [9.17, 15) is 10.1 Å². The van der Waals surface area contributed by atoms with E-state index in [1.807, 2.05) is 18.2 Å². The first kappa shape index (κ1) is 16.9. The highest BCUT2D eigenvalue weighted by Gasteiger charge is 2.50. The predicted octanol–water partition coefficient (Wildman–Crippen LogP) is 3.15. The summed E-state index contributed by atoms with van der Waals surface area (Å²) < 4.78 is 11.2. The van der Waals surface area contributed by atoms with Gasteiger partial charge >= 0.3 is 5.97 Å². The topological polar surface area (TPSA) is 72.2 Å². The molecule has 2 unspecified atom stereocenters. The van der Waals surface area contributed by atoms with E-state index in [0.29, 0.717) is 13.0 Å². The number of methoxy groups -OCH3 is 1. The molecule has 128 valence electrons. The van der Waals surface area contributed by atoms with Crippen LogP contribution in [0.25, 0.3) is 0 Å². The maximum Gasteiger partial charge on any atom is 0.324 e. The van der Waals surface area contributed by atoms with E-state index in [4.69, 9.17) is 9.47 Å². The molecular formula is C19H24N2O3. The summed E-state index contributed by atoms with van der Waals surface area (Å²) >= 11 is 0. The summed E-state index contributed by atoms with van der Waals surface area (Å²) in [4.78, 5) is 16.8. The molecule has 0 aromatic carbocycles. The minimum atomic E-state index is -0.863. The van der Waals surface area contributed by atoms with Gasteiger partial charge in [0.25, 0.3) is 0 Å². The minimum Gasteiger partial charge on any atom is -0.468 e. The van der Waals surface area contributed by atoms with Crippen molar-refractivity contribution in [2.75, 3.05) is 13.7 Å². The summed E-state index contributed by atoms with van der Waals surface area (Å²) in [5.74, 6) is -1.34. The third kappa shape index (κ3) is 2.91. The van der Waals surface area contributed by atoms with Crippen LogP contribution in [0, 0.1) is 17.2 Å². The largest absolute Gasteiger partial charge is 0.468 e. The smallest absolute Gasteiger partial charge is 0.324 e. The van der Waals surface area contributed by atoms with Gasteiger partial charge in [-0.15, -0.1) is 0 Å². The summed E-state index contributed by atoms with van der Waals surface area (Å²) in [6.45, 7) is 0.547. The molecular weight excluding hydrogens is 304 g/mol. The number of pyridine rings is 1. The Morgan fingerprint density at radius 2 is 2.08 bits per heavy atom. The molecule has 0 amide bonds. The van der Waals surface area contributed by atoms with Gasteiger partial charge in [-0.05, 0) is 44.2 Å². The number of aromatic nitrogens is 1. The number of esters is 1. The number of ether oxygens (including phenoxy) is 2. The van der Waals surface area contributed by atoms with Gasteiger partial charge < -0.3 is 9.47 Å². The predicted molar refractivity (Wildman–Crippen MR) is 88.0 cm³/mol. The van der Waals surface area contributed by atoms with Gasteiger partial charge in [-0.25, -0.2) is 0 Å². The fraction of sp³-hybridized carbons (Fsp3) is 0.632. The number of rotatable bonds is 3. The van der Waals surface area contributed by atoms with Crippen LogP contribution in [-0.2, 0) is 19.7 Å². The van der Waals surface area contributed by atoms with Crippen LogP contribution in [0.3, 0.4) is 0 Å². The zero-order valence-electron chi connectivity index (χ0n) is 14.2. The lowest BCUT2D eigenvalue weighted by Crippen LogP contribution is -2.41. The van der Waals surface area contributed by atoms with Gasteiger partial charge in [0.2, 0.25) is 0 Å². The van der Waals surface area contributed by atoms with Crippen LogP contribution < -0.4 is 0 Å². The first-order valence-electron chi connectivity index (χ1n) is 8.69. The Labute approximate surface area is 143 Å². The number of nitriles is 1. The van der Waals surface area contributed by atoms with Gasteiger partial charge in [-0.2, -0.15) is 5.26 Å². The van der Waals surface area contributed by atoms with E-state index in [-0.39, 0.29) is 5.60 Å². The molecule has 1 aromatic heterocycles. The average molecular weight is 328 g/mol. The number of nitrogens with zero attached hydrogens (tertiary/aromatic N) is 2. The minimum absolute atomic E-state index is 0.0767. The summed E-state index contributed by atoms with van der Waals surface area (Å²) in [7, 11) is 1.34. The summed E-state index contributed by atoms with van der Waals surface area (Å²) in [5.41, 5.74) is 0.0718. The van der Waals surface area contributed by atoms with Crippen molar-refractivity contribution in [3.63, 3.8) is 0 Å². The van der Waals surface area contributed by atoms with Crippen molar-refractivity contribution in [3.05, 3.63) is 30.1 Å². The van der Waals surface area contributed by atoms with Crippen LogP contribution in [0.5, 0.6) is 0 Å². The van der Waals surface area contributed by atoms with Crippen LogP contribution in [0.4, 0.5) is 0 Å². The molecule has 2 fully saturated rings. The number of hydrogen-bond donors (Lipinski definition) is 0. The van der Waals surface area contributed by atoms with Crippen molar-refractivity contribution < 1.29 is 14.3 Å². The van der Waals surface area contributed by atoms with Crippen LogP contribution >= 0.6 is 0 Å². The highest BCUT2D eigenvalue weighted by Crippen LogP contribution is 2.48. The highest BCUT2D eigenvalue weighted by atomic mass is 16.5. The van der Waals surface area contributed by atoms with Gasteiger partial charge in [0.1, 0.15) is 0 Å². The molecule has 0 N–H and O–H groups in total. The Bertz CT molecular complexity index is 619. The number of carbonyl (C=O) groups excluding carboxylic acids is 1. The molecule has 1 aromatic rings. The summed E-state index contributed by atoms with van der Waals surface area (Å²) in [5, 5.41) is 9.74. The summed E-state index contributed by atoms with van der Waals surface area (Å²) in [6.07, 6.45) is 8.43. The SMILES string of the molecule is COC(=O)C(C#N)C1(c2ccccn2)CCOC2(CCCC2)CC1. The van der Waals surface area contributed by atoms with E-state index in [1.165, 1.54) is 20.0 Å². The van der Waals surface area contributed by atoms with E-state index < -0.39 is 17.3 Å². The molecule has 1 spiro atoms. The van der Waals surface area contributed by atoms with Crippen molar-refractivity contribution >= 4 is 5.97 Å². The standard InChI is InChI=1S/C19H24N2O3/c1-23-17(22)15(14-20)19(16-6-2-5-12-21-16)10-9-18(24-13-11-19)7-3-4-8-18/h2,5-6,12,15H,3-4,7-11,13H2,1H3. The van der Waals surface area contributed by atoms with Crippen molar-refractivity contribution in [1.29, 1.82) is 5.26 Å². The van der Waals surface area contributed by atoms with Crippen molar-refractivity contribution in [2.24, 2.45) is 5.92 Å². The molecule has 2 heterocycles. The molecule has 0 radical (unpaired) electrons. The fourth-order valence-corrected chi connectivity index (χ4v) is 4.38. The lowest BCUT2D eigenvalue weighted by atomic mass is 9.67. The number of carbonyl (C=O) groups is 1. The molecule has 2 atom stereocenters. The third-order valence-electron chi connectivity index (χ3n) is 5.79. The lowest BCUT2D eigenvalue weighted by Gasteiger charge is -2.35. The Balaban J connectivity index is 2.00. The molecule has 1 saturated carbocycles. The van der Waals surface area contributed by atoms with Crippen LogP contribution in [0.1, 0.15) is 50.6 Å². The zero-order chi connectivity index (χ0) is 17.0. The second-order valence-electron chi connectivity index (χ2n) is 6.94. The Kier molecular flexibility index (Phi) is 4.86. The molecule has 0 bridgehead atoms. The summed E-state index contributed by atoms with van der Waals surface area (Å²) in [6, 6.07) is 7.87. The van der Waals surface area contributed by atoms with Crippen LogP contribution in [-0.4, -0.2) is 30.3 Å². The Morgan fingerprint density at radius 3 is 2.71 bits per heavy atom. The van der Waals surface area contributed by atoms with E-state index in [1.54, 1.807) is 6.20 Å². The molecule has 2 aliphatic rings. The van der Waals surface area contributed by atoms with Gasteiger partial charge in [0, 0.05) is 23.9 Å². The molecule has 5 heteroatoms. The van der Waals surface area contributed by atoms with Crippen LogP contribution in [0.15, 0.2) is 24.4 Å². The number of hydrogen-bond acceptors (Lipinski definition) is 5. The molecule has 1 aliphatic carbocycles. The van der Waals surface area contributed by atoms with E-state index in [2.05, 4.69) is 11.1 Å². The van der Waals surface area contributed by atoms with Crippen molar-refractivity contribution in [1.82, 2.24) is 4.98 Å². The van der Waals surface area contributed by atoms with Crippen molar-refractivity contribution in [2.45, 2.75) is 56.0 Å². The van der Waals surface area contributed by atoms with Gasteiger partial charge in [0.05, 0.1) is 18.8 Å². The average Bonchev–Trinajstić information content (AvgIpc) is 3.00. The maximum absolute atomic E-state index is 12.3. The molecule has 1 aliphatic heterocycles. The van der Waals surface area contributed by atoms with Gasteiger partial charge in [-0.1, -0.05) is 18.9 Å². The Hall–Kier alpha value is -1.93. The molecule has 5 nitrogen and oxygen atoms in total. The third-order valence-corrected chi connectivity index (χ3v) is 5.79. The first-order chi connectivity index (χ1) is 11.7. The normalized spacial score (nSPS) is 27.2. The molecule has 3 rings (SSSR count). The first-order valence-corrected chi connectivity index (χ1v) is 8.69. The van der Waals surface area contributed by atoms with E-state index >= 15 is 0 Å². The van der Waals surface area contributed by atoms with Crippen molar-refractivity contribution in [3.8, 4) is 6.07 Å². The van der Waals surface area contributed by atoms with Gasteiger partial charge in [0.15, 0.2) is 5.92 Å². The Morgan fingerprint density at radius 1 is 1.29 bits per heavy atom. The zero-order valence-corrected chi connectivity index (χ0v) is 14.2. The highest BCUT2D eigenvalue weighted by molar-refractivity contribution is 5.77. The quantitative estimate of drug-likeness (QED) is 0.797. The monoisotopic (exact) mass is 328 g/mol. The lowest BCUT2D eigenvalue weighted by molar-refractivity contribution is -0.146. The second kappa shape index (κ2) is 6.90.